The van der Waals surface area contributed by atoms with Crippen LogP contribution in [0.3, 0.4) is 0 Å². The Labute approximate surface area is 75.4 Å². The molecule has 0 aliphatic rings. The molecule has 0 fully saturated rings. The molecule has 0 atom stereocenters. The van der Waals surface area contributed by atoms with E-state index in [0.717, 1.165) is 11.5 Å². The third-order valence-corrected chi connectivity index (χ3v) is 2.04. The molecular weight excluding hydrogens is 168 g/mol. The van der Waals surface area contributed by atoms with Gasteiger partial charge in [0.25, 0.3) is 0 Å². The average molecular weight is 178 g/mol. The van der Waals surface area contributed by atoms with Gasteiger partial charge in [-0.25, -0.2) is 9.97 Å². The molecule has 2 aromatic rings. The predicted molar refractivity (Wildman–Crippen MR) is 47.6 cm³/mol. The molecule has 0 aliphatic carbocycles. The highest BCUT2D eigenvalue weighted by Gasteiger charge is 2.10. The van der Waals surface area contributed by atoms with E-state index in [1.165, 1.54) is 6.33 Å². The van der Waals surface area contributed by atoms with Crippen LogP contribution in [-0.2, 0) is 7.05 Å². The number of aryl methyl sites for hydroxylation is 2. The molecule has 0 N–H and O–H groups in total. The molecule has 2 aromatic heterocycles. The summed E-state index contributed by atoms with van der Waals surface area (Å²) in [6.45, 7) is 1.92. The highest BCUT2D eigenvalue weighted by molar-refractivity contribution is 5.76. The molecule has 0 amide bonds. The number of imidazole rings is 1. The van der Waals surface area contributed by atoms with E-state index < -0.39 is 0 Å². The van der Waals surface area contributed by atoms with Crippen LogP contribution < -0.4 is 4.74 Å². The molecule has 0 aliphatic heterocycles. The third kappa shape index (κ3) is 1.04. The molecule has 0 saturated carbocycles. The summed E-state index contributed by atoms with van der Waals surface area (Å²) >= 11 is 0. The van der Waals surface area contributed by atoms with Crippen molar-refractivity contribution < 1.29 is 4.74 Å². The second-order valence-electron chi connectivity index (χ2n) is 2.77. The van der Waals surface area contributed by atoms with Gasteiger partial charge in [0.15, 0.2) is 11.2 Å². The van der Waals surface area contributed by atoms with E-state index in [1.54, 1.807) is 7.11 Å². The van der Waals surface area contributed by atoms with E-state index in [0.29, 0.717) is 11.4 Å². The van der Waals surface area contributed by atoms with Gasteiger partial charge in [0.05, 0.1) is 7.11 Å². The van der Waals surface area contributed by atoms with Crippen molar-refractivity contribution in [1.29, 1.82) is 0 Å². The van der Waals surface area contributed by atoms with Crippen molar-refractivity contribution in [2.75, 3.05) is 7.11 Å². The van der Waals surface area contributed by atoms with Gasteiger partial charge in [0, 0.05) is 7.05 Å². The number of hydrogen-bond acceptors (Lipinski definition) is 4. The van der Waals surface area contributed by atoms with Gasteiger partial charge in [-0.1, -0.05) is 0 Å². The third-order valence-electron chi connectivity index (χ3n) is 2.04. The summed E-state index contributed by atoms with van der Waals surface area (Å²) in [6, 6.07) is 0. The van der Waals surface area contributed by atoms with Crippen LogP contribution in [0.5, 0.6) is 5.88 Å². The standard InChI is InChI=1S/C8H10N4O/c1-5-11-6-7(12(5)2)9-4-10-8(6)13-3/h4H,1-3H3. The normalized spacial score (nSPS) is 10.7. The fraction of sp³-hybridized carbons (Fsp3) is 0.375. The molecule has 2 rings (SSSR count). The maximum Gasteiger partial charge on any atom is 0.245 e. The summed E-state index contributed by atoms with van der Waals surface area (Å²) in [5.41, 5.74) is 1.51. The first kappa shape index (κ1) is 7.97. The van der Waals surface area contributed by atoms with Gasteiger partial charge in [-0.2, -0.15) is 4.98 Å². The minimum absolute atomic E-state index is 0.522. The quantitative estimate of drug-likeness (QED) is 0.644. The summed E-state index contributed by atoms with van der Waals surface area (Å²) in [5, 5.41) is 0. The number of fused-ring (bicyclic) bond motifs is 1. The van der Waals surface area contributed by atoms with E-state index in [9.17, 15) is 0 Å². The second-order valence-corrected chi connectivity index (χ2v) is 2.77. The largest absolute Gasteiger partial charge is 0.479 e. The topological polar surface area (TPSA) is 52.8 Å². The first-order chi connectivity index (χ1) is 6.24. The first-order valence-electron chi connectivity index (χ1n) is 3.92. The Kier molecular flexibility index (Phi) is 1.65. The van der Waals surface area contributed by atoms with Gasteiger partial charge in [0.1, 0.15) is 12.2 Å². The Morgan fingerprint density at radius 1 is 1.38 bits per heavy atom. The number of methoxy groups -OCH3 is 1. The van der Waals surface area contributed by atoms with E-state index in [1.807, 2.05) is 18.5 Å². The Balaban J connectivity index is 2.84. The molecule has 68 valence electrons. The lowest BCUT2D eigenvalue weighted by atomic mass is 10.5. The fourth-order valence-electron chi connectivity index (χ4n) is 1.24. The van der Waals surface area contributed by atoms with Gasteiger partial charge < -0.3 is 9.30 Å². The molecule has 0 radical (unpaired) electrons. The number of ether oxygens (including phenoxy) is 1. The molecule has 2 heterocycles. The van der Waals surface area contributed by atoms with E-state index in [-0.39, 0.29) is 0 Å². The molecule has 5 nitrogen and oxygen atoms in total. The zero-order valence-electron chi connectivity index (χ0n) is 7.77. The Morgan fingerprint density at radius 3 is 2.85 bits per heavy atom. The van der Waals surface area contributed by atoms with Crippen molar-refractivity contribution in [2.24, 2.45) is 7.05 Å². The molecule has 0 aromatic carbocycles. The van der Waals surface area contributed by atoms with Gasteiger partial charge in [-0.3, -0.25) is 0 Å². The Morgan fingerprint density at radius 2 is 2.15 bits per heavy atom. The highest BCUT2D eigenvalue weighted by Crippen LogP contribution is 2.19. The van der Waals surface area contributed by atoms with Crippen LogP contribution in [-0.4, -0.2) is 26.6 Å². The molecular formula is C8H10N4O. The van der Waals surface area contributed by atoms with Crippen molar-refractivity contribution in [2.45, 2.75) is 6.92 Å². The number of aromatic nitrogens is 4. The highest BCUT2D eigenvalue weighted by atomic mass is 16.5. The lowest BCUT2D eigenvalue weighted by Gasteiger charge is -1.97. The zero-order chi connectivity index (χ0) is 9.42. The molecule has 5 heteroatoms. The van der Waals surface area contributed by atoms with E-state index >= 15 is 0 Å². The first-order valence-corrected chi connectivity index (χ1v) is 3.92. The van der Waals surface area contributed by atoms with Gasteiger partial charge in [-0.15, -0.1) is 0 Å². The van der Waals surface area contributed by atoms with Crippen LogP contribution >= 0.6 is 0 Å². The summed E-state index contributed by atoms with van der Waals surface area (Å²) in [6.07, 6.45) is 1.47. The minimum Gasteiger partial charge on any atom is -0.479 e. The summed E-state index contributed by atoms with van der Waals surface area (Å²) in [7, 11) is 3.49. The predicted octanol–water partition coefficient (Wildman–Crippen LogP) is 0.680. The molecule has 0 spiro atoms. The zero-order valence-corrected chi connectivity index (χ0v) is 7.77. The molecule has 13 heavy (non-hydrogen) atoms. The van der Waals surface area contributed by atoms with Crippen molar-refractivity contribution in [1.82, 2.24) is 19.5 Å². The van der Waals surface area contributed by atoms with Crippen LogP contribution in [0.4, 0.5) is 0 Å². The summed E-state index contributed by atoms with van der Waals surface area (Å²) in [5.74, 6) is 1.42. The van der Waals surface area contributed by atoms with Crippen molar-refractivity contribution in [3.05, 3.63) is 12.2 Å². The van der Waals surface area contributed by atoms with Crippen LogP contribution in [0, 0.1) is 6.92 Å². The Bertz CT molecular complexity index is 449. The number of rotatable bonds is 1. The molecule has 0 unspecified atom stereocenters. The summed E-state index contributed by atoms with van der Waals surface area (Å²) in [4.78, 5) is 12.4. The van der Waals surface area contributed by atoms with Gasteiger partial charge in [0.2, 0.25) is 5.88 Å². The van der Waals surface area contributed by atoms with Gasteiger partial charge >= 0.3 is 0 Å². The number of nitrogens with zero attached hydrogens (tertiary/aromatic N) is 4. The van der Waals surface area contributed by atoms with Crippen LogP contribution in [0.2, 0.25) is 0 Å². The van der Waals surface area contributed by atoms with Crippen molar-refractivity contribution >= 4 is 11.2 Å². The number of hydrogen-bond donors (Lipinski definition) is 0. The smallest absolute Gasteiger partial charge is 0.245 e. The van der Waals surface area contributed by atoms with E-state index in [2.05, 4.69) is 15.0 Å². The monoisotopic (exact) mass is 178 g/mol. The van der Waals surface area contributed by atoms with Crippen LogP contribution in [0.15, 0.2) is 6.33 Å². The molecule has 0 saturated heterocycles. The maximum atomic E-state index is 5.07. The fourth-order valence-corrected chi connectivity index (χ4v) is 1.24. The lowest BCUT2D eigenvalue weighted by Crippen LogP contribution is -1.94. The average Bonchev–Trinajstić information content (AvgIpc) is 2.43. The van der Waals surface area contributed by atoms with Crippen molar-refractivity contribution in [3.63, 3.8) is 0 Å². The summed E-state index contributed by atoms with van der Waals surface area (Å²) < 4.78 is 6.97. The lowest BCUT2D eigenvalue weighted by molar-refractivity contribution is 0.401. The maximum absolute atomic E-state index is 5.07. The SMILES string of the molecule is COc1ncnc2c1nc(C)n2C. The van der Waals surface area contributed by atoms with Crippen LogP contribution in [0.25, 0.3) is 11.2 Å². The van der Waals surface area contributed by atoms with E-state index in [4.69, 9.17) is 4.74 Å². The van der Waals surface area contributed by atoms with Crippen molar-refractivity contribution in [3.8, 4) is 5.88 Å². The minimum atomic E-state index is 0.522. The van der Waals surface area contributed by atoms with Gasteiger partial charge in [-0.05, 0) is 6.92 Å². The molecule has 0 bridgehead atoms. The van der Waals surface area contributed by atoms with Crippen LogP contribution in [0.1, 0.15) is 5.82 Å². The second kappa shape index (κ2) is 2.69. The Hall–Kier alpha value is -1.65.